The maximum atomic E-state index is 13.8. The van der Waals surface area contributed by atoms with Crippen molar-refractivity contribution in [2.24, 2.45) is 11.8 Å². The number of pyridine rings is 1. The summed E-state index contributed by atoms with van der Waals surface area (Å²) < 4.78 is 29.2. The molecule has 3 N–H and O–H groups in total. The number of carbonyl (C=O) groups excluding carboxylic acids is 2. The molecule has 11 nitrogen and oxygen atoms in total. The number of hydrogen-bond donors (Lipinski definition) is 3. The molecule has 2 aromatic carbocycles. The molecule has 2 fully saturated rings. The molecule has 1 saturated carbocycles. The minimum Gasteiger partial charge on any atom is -0.619 e. The molecule has 46 heavy (non-hydrogen) atoms. The highest BCUT2D eigenvalue weighted by Crippen LogP contribution is 2.43. The van der Waals surface area contributed by atoms with Crippen molar-refractivity contribution in [3.63, 3.8) is 0 Å². The second kappa shape index (κ2) is 13.9. The third kappa shape index (κ3) is 7.37. The predicted molar refractivity (Wildman–Crippen MR) is 173 cm³/mol. The van der Waals surface area contributed by atoms with Gasteiger partial charge in [0.25, 0.3) is 5.91 Å². The lowest BCUT2D eigenvalue weighted by atomic mass is 9.78. The van der Waals surface area contributed by atoms with Crippen LogP contribution in [-0.4, -0.2) is 54.2 Å². The summed E-state index contributed by atoms with van der Waals surface area (Å²) in [6.45, 7) is 0.121. The fraction of sp³-hybridized carbons (Fsp3) is 0.333. The van der Waals surface area contributed by atoms with Gasteiger partial charge in [-0.3, -0.25) is 9.59 Å². The summed E-state index contributed by atoms with van der Waals surface area (Å²) in [7, 11) is -4.21. The van der Waals surface area contributed by atoms with Gasteiger partial charge in [0.2, 0.25) is 15.9 Å². The number of amides is 2. The van der Waals surface area contributed by atoms with Crippen LogP contribution in [0.2, 0.25) is 20.1 Å². The normalized spacial score (nSPS) is 20.5. The molecule has 3 unspecified atom stereocenters. The number of hydrogen-bond acceptors (Lipinski definition) is 6. The van der Waals surface area contributed by atoms with Gasteiger partial charge < -0.3 is 20.9 Å². The zero-order valence-corrected chi connectivity index (χ0v) is 27.8. The Morgan fingerprint density at radius 2 is 1.59 bits per heavy atom. The van der Waals surface area contributed by atoms with Crippen LogP contribution in [0.1, 0.15) is 41.6 Å². The Morgan fingerprint density at radius 3 is 2.20 bits per heavy atom. The number of rotatable bonds is 9. The Labute approximate surface area is 285 Å². The van der Waals surface area contributed by atoms with E-state index in [0.717, 1.165) is 36.0 Å². The van der Waals surface area contributed by atoms with Crippen molar-refractivity contribution >= 4 is 79.9 Å². The van der Waals surface area contributed by atoms with Gasteiger partial charge in [-0.1, -0.05) is 71.4 Å². The highest BCUT2D eigenvalue weighted by atomic mass is 35.5. The van der Waals surface area contributed by atoms with Crippen LogP contribution >= 0.6 is 46.4 Å². The third-order valence-electron chi connectivity index (χ3n) is 8.26. The highest BCUT2D eigenvalue weighted by Gasteiger charge is 2.51. The zero-order chi connectivity index (χ0) is 33.3. The molecule has 1 saturated heterocycles. The summed E-state index contributed by atoms with van der Waals surface area (Å²) in [4.78, 5) is 38.6. The van der Waals surface area contributed by atoms with Crippen molar-refractivity contribution in [2.45, 2.75) is 49.1 Å². The monoisotopic (exact) mass is 728 g/mol. The number of anilines is 1. The second-order valence-electron chi connectivity index (χ2n) is 11.3. The highest BCUT2D eigenvalue weighted by molar-refractivity contribution is 7.89. The van der Waals surface area contributed by atoms with Crippen LogP contribution in [0, 0.1) is 17.0 Å². The number of benzene rings is 2. The molecule has 2 aliphatic rings. The van der Waals surface area contributed by atoms with Crippen LogP contribution in [-0.2, 0) is 26.0 Å². The van der Waals surface area contributed by atoms with Gasteiger partial charge in [-0.25, -0.2) is 13.2 Å². The van der Waals surface area contributed by atoms with E-state index in [0.29, 0.717) is 22.4 Å². The summed E-state index contributed by atoms with van der Waals surface area (Å²) >= 11 is 24.2. The number of carbonyl (C=O) groups is 3. The lowest BCUT2D eigenvalue weighted by Gasteiger charge is -2.30. The molecule has 1 aromatic heterocycles. The summed E-state index contributed by atoms with van der Waals surface area (Å²) in [5.74, 6) is -2.99. The maximum Gasteiger partial charge on any atom is 0.326 e. The lowest BCUT2D eigenvalue weighted by Crippen LogP contribution is -2.53. The number of nitrogens with zero attached hydrogens (tertiary/aromatic N) is 2. The number of carboxylic acid groups (broad SMARTS) is 1. The minimum absolute atomic E-state index is 0.0540. The van der Waals surface area contributed by atoms with Crippen molar-refractivity contribution in [3.05, 3.63) is 91.3 Å². The molecule has 0 bridgehead atoms. The van der Waals surface area contributed by atoms with Crippen LogP contribution in [0.15, 0.2) is 59.8 Å². The van der Waals surface area contributed by atoms with Crippen LogP contribution in [0.3, 0.4) is 0 Å². The number of halogens is 4. The van der Waals surface area contributed by atoms with Crippen molar-refractivity contribution in [3.8, 4) is 0 Å². The van der Waals surface area contributed by atoms with Crippen molar-refractivity contribution in [1.82, 2.24) is 9.62 Å². The first-order valence-electron chi connectivity index (χ1n) is 14.2. The topological polar surface area (TPSA) is 160 Å². The largest absolute Gasteiger partial charge is 0.619 e. The number of fused-ring (bicyclic) bond motifs is 1. The van der Waals surface area contributed by atoms with Crippen molar-refractivity contribution < 1.29 is 32.6 Å². The zero-order valence-electron chi connectivity index (χ0n) is 24.0. The van der Waals surface area contributed by atoms with Crippen LogP contribution < -0.4 is 15.4 Å². The molecular weight excluding hydrogens is 702 g/mol. The van der Waals surface area contributed by atoms with E-state index in [1.807, 2.05) is 0 Å². The predicted octanol–water partition coefficient (Wildman–Crippen LogP) is 5.18. The van der Waals surface area contributed by atoms with E-state index >= 15 is 0 Å². The molecule has 244 valence electrons. The van der Waals surface area contributed by atoms with Crippen LogP contribution in [0.25, 0.3) is 0 Å². The molecule has 4 atom stereocenters. The standard InChI is InChI=1S/C30H28Cl4N4O7S/c31-18-10-19(32)12-21(11-18)46(44,45)38-13-17-3-1-2-4-22(17)27(38)29(40)36-25(30(41)42)9-16-5-7-20(8-6-16)35-28(39)26-23(33)14-37(43)15-24(26)34/h5-8,10-12,14-15,17,22,25,27H,1-4,9,13H2,(H,35,39)(H,36,40)(H,41,42)/t17?,22?,25-,27?/m0/s1. The van der Waals surface area contributed by atoms with Gasteiger partial charge in [-0.2, -0.15) is 9.04 Å². The third-order valence-corrected chi connectivity index (χ3v) is 11.1. The van der Waals surface area contributed by atoms with E-state index in [1.165, 1.54) is 30.3 Å². The van der Waals surface area contributed by atoms with E-state index in [-0.39, 0.29) is 55.4 Å². The Kier molecular flexibility index (Phi) is 10.4. The van der Waals surface area contributed by atoms with Gasteiger partial charge >= 0.3 is 5.97 Å². The summed E-state index contributed by atoms with van der Waals surface area (Å²) in [6, 6.07) is 7.68. The first-order valence-corrected chi connectivity index (χ1v) is 17.2. The van der Waals surface area contributed by atoms with Crippen LogP contribution in [0.5, 0.6) is 0 Å². The second-order valence-corrected chi connectivity index (χ2v) is 14.9. The Hall–Kier alpha value is -3.13. The van der Waals surface area contributed by atoms with Gasteiger partial charge in [-0.05, 0) is 60.6 Å². The first kappa shape index (κ1) is 34.2. The van der Waals surface area contributed by atoms with Gasteiger partial charge in [0.1, 0.15) is 22.1 Å². The average Bonchev–Trinajstić information content (AvgIpc) is 3.37. The van der Waals surface area contributed by atoms with Gasteiger partial charge in [0.05, 0.1) is 10.5 Å². The molecule has 2 amide bonds. The quantitative estimate of drug-likeness (QED) is 0.202. The van der Waals surface area contributed by atoms with Gasteiger partial charge in [0, 0.05) is 28.7 Å². The molecule has 3 aromatic rings. The summed E-state index contributed by atoms with van der Waals surface area (Å²) in [5.41, 5.74) is 0.774. The Morgan fingerprint density at radius 1 is 0.978 bits per heavy atom. The summed E-state index contributed by atoms with van der Waals surface area (Å²) in [6.07, 6.45) is 4.99. The fourth-order valence-corrected chi connectivity index (χ4v) is 9.19. The van der Waals surface area contributed by atoms with E-state index in [4.69, 9.17) is 46.4 Å². The number of carboxylic acids is 1. The maximum absolute atomic E-state index is 13.8. The average molecular weight is 730 g/mol. The minimum atomic E-state index is -4.21. The van der Waals surface area contributed by atoms with E-state index in [1.54, 1.807) is 12.1 Å². The van der Waals surface area contributed by atoms with E-state index in [2.05, 4.69) is 10.6 Å². The molecule has 1 aliphatic heterocycles. The van der Waals surface area contributed by atoms with E-state index in [9.17, 15) is 33.1 Å². The molecular formula is C30H28Cl4N4O7S. The number of sulfonamides is 1. The smallest absolute Gasteiger partial charge is 0.326 e. The van der Waals surface area contributed by atoms with Gasteiger partial charge in [0.15, 0.2) is 12.4 Å². The number of aliphatic carboxylic acids is 1. The molecule has 1 aliphatic carbocycles. The first-order chi connectivity index (χ1) is 21.7. The number of aromatic nitrogens is 1. The SMILES string of the molecule is O=C(Nc1ccc(C[C@H](NC(=O)C2C3CCCCC3CN2S(=O)(=O)c2cc(Cl)cc(Cl)c2)C(=O)O)cc1)c1c(Cl)c[n+]([O-])cc1Cl. The van der Waals surface area contributed by atoms with Crippen molar-refractivity contribution in [2.75, 3.05) is 11.9 Å². The molecule has 2 heterocycles. The van der Waals surface area contributed by atoms with Crippen LogP contribution in [0.4, 0.5) is 5.69 Å². The molecule has 0 radical (unpaired) electrons. The lowest BCUT2D eigenvalue weighted by molar-refractivity contribution is -0.605. The molecule has 5 rings (SSSR count). The molecule has 0 spiro atoms. The van der Waals surface area contributed by atoms with E-state index < -0.39 is 39.9 Å². The molecule has 16 heteroatoms. The Balaban J connectivity index is 1.32. The number of nitrogens with one attached hydrogen (secondary N) is 2. The fourth-order valence-electron chi connectivity index (χ4n) is 6.15. The summed E-state index contributed by atoms with van der Waals surface area (Å²) in [5, 5.41) is 26.7. The van der Waals surface area contributed by atoms with Gasteiger partial charge in [-0.15, -0.1) is 0 Å². The van der Waals surface area contributed by atoms with Crippen molar-refractivity contribution in [1.29, 1.82) is 0 Å². The Bertz CT molecular complexity index is 1750.